The molecule has 2 aromatic rings. The molecule has 0 saturated heterocycles. The van der Waals surface area contributed by atoms with Crippen molar-refractivity contribution in [2.75, 3.05) is 0 Å². The molecule has 1 aromatic heterocycles. The fraction of sp³-hybridized carbons (Fsp3) is 0.0909. The third-order valence-electron chi connectivity index (χ3n) is 2.04. The van der Waals surface area contributed by atoms with Gasteiger partial charge in [-0.1, -0.05) is 0 Å². The lowest BCUT2D eigenvalue weighted by molar-refractivity contribution is 0.481. The van der Waals surface area contributed by atoms with Gasteiger partial charge in [-0.2, -0.15) is 5.26 Å². The van der Waals surface area contributed by atoms with Crippen LogP contribution in [-0.4, -0.2) is 10.1 Å². The lowest BCUT2D eigenvalue weighted by Gasteiger charge is -2.02. The van der Waals surface area contributed by atoms with Gasteiger partial charge in [0, 0.05) is 11.6 Å². The number of aromatic hydroxyl groups is 1. The number of nitrogens with zero attached hydrogens (tertiary/aromatic N) is 2. The SMILES string of the molecule is N#CCc1cc(O)c2cccnc2c1. The molecule has 0 radical (unpaired) electrons. The molecular weight excluding hydrogens is 176 g/mol. The van der Waals surface area contributed by atoms with Gasteiger partial charge in [0.05, 0.1) is 18.0 Å². The van der Waals surface area contributed by atoms with Crippen LogP contribution in [0.4, 0.5) is 0 Å². The number of pyridine rings is 1. The van der Waals surface area contributed by atoms with E-state index in [1.807, 2.05) is 12.1 Å². The van der Waals surface area contributed by atoms with Gasteiger partial charge < -0.3 is 5.11 Å². The molecule has 0 bridgehead atoms. The Labute approximate surface area is 81.2 Å². The molecular formula is C11H8N2O. The Bertz CT molecular complexity index is 514. The zero-order valence-electron chi connectivity index (χ0n) is 7.44. The normalized spacial score (nSPS) is 9.93. The van der Waals surface area contributed by atoms with Crippen molar-refractivity contribution >= 4 is 10.9 Å². The Morgan fingerprint density at radius 2 is 2.29 bits per heavy atom. The number of rotatable bonds is 1. The van der Waals surface area contributed by atoms with E-state index in [4.69, 9.17) is 5.26 Å². The highest BCUT2D eigenvalue weighted by atomic mass is 16.3. The minimum absolute atomic E-state index is 0.181. The van der Waals surface area contributed by atoms with Gasteiger partial charge in [0.25, 0.3) is 0 Å². The van der Waals surface area contributed by atoms with E-state index >= 15 is 0 Å². The third kappa shape index (κ3) is 1.38. The fourth-order valence-electron chi connectivity index (χ4n) is 1.41. The maximum atomic E-state index is 9.63. The van der Waals surface area contributed by atoms with Crippen LogP contribution in [0.15, 0.2) is 30.5 Å². The van der Waals surface area contributed by atoms with E-state index in [-0.39, 0.29) is 5.75 Å². The summed E-state index contributed by atoms with van der Waals surface area (Å²) in [6.45, 7) is 0. The highest BCUT2D eigenvalue weighted by molar-refractivity contribution is 5.85. The van der Waals surface area contributed by atoms with Crippen molar-refractivity contribution in [1.29, 1.82) is 5.26 Å². The first kappa shape index (κ1) is 8.52. The lowest BCUT2D eigenvalue weighted by Crippen LogP contribution is -1.84. The zero-order valence-corrected chi connectivity index (χ0v) is 7.44. The summed E-state index contributed by atoms with van der Waals surface area (Å²) in [5.41, 5.74) is 1.51. The molecule has 0 unspecified atom stereocenters. The molecule has 0 atom stereocenters. The smallest absolute Gasteiger partial charge is 0.125 e. The molecule has 3 nitrogen and oxygen atoms in total. The minimum atomic E-state index is 0.181. The number of hydrogen-bond acceptors (Lipinski definition) is 3. The van der Waals surface area contributed by atoms with E-state index in [2.05, 4.69) is 4.98 Å². The molecule has 0 spiro atoms. The Kier molecular flexibility index (Phi) is 2.04. The van der Waals surface area contributed by atoms with Crippen LogP contribution in [0.25, 0.3) is 10.9 Å². The average molecular weight is 184 g/mol. The monoisotopic (exact) mass is 184 g/mol. The quantitative estimate of drug-likeness (QED) is 0.737. The molecule has 14 heavy (non-hydrogen) atoms. The molecule has 0 aliphatic heterocycles. The van der Waals surface area contributed by atoms with Crippen molar-refractivity contribution in [3.05, 3.63) is 36.0 Å². The Balaban J connectivity index is 2.67. The topological polar surface area (TPSA) is 56.9 Å². The van der Waals surface area contributed by atoms with Crippen LogP contribution in [0.1, 0.15) is 5.56 Å². The third-order valence-corrected chi connectivity index (χ3v) is 2.04. The molecule has 1 aromatic carbocycles. The maximum Gasteiger partial charge on any atom is 0.125 e. The van der Waals surface area contributed by atoms with Crippen molar-refractivity contribution in [1.82, 2.24) is 4.98 Å². The largest absolute Gasteiger partial charge is 0.507 e. The first-order valence-electron chi connectivity index (χ1n) is 4.25. The number of phenols is 1. The number of aromatic nitrogens is 1. The van der Waals surface area contributed by atoms with Crippen molar-refractivity contribution in [3.63, 3.8) is 0 Å². The van der Waals surface area contributed by atoms with Crippen molar-refractivity contribution in [2.45, 2.75) is 6.42 Å². The van der Waals surface area contributed by atoms with Crippen molar-refractivity contribution < 1.29 is 5.11 Å². The van der Waals surface area contributed by atoms with E-state index in [9.17, 15) is 5.11 Å². The summed E-state index contributed by atoms with van der Waals surface area (Å²) in [6.07, 6.45) is 1.96. The van der Waals surface area contributed by atoms with E-state index in [1.54, 1.807) is 24.4 Å². The van der Waals surface area contributed by atoms with Crippen LogP contribution < -0.4 is 0 Å². The molecule has 0 fully saturated rings. The molecule has 2 rings (SSSR count). The Hall–Kier alpha value is -2.08. The van der Waals surface area contributed by atoms with Crippen LogP contribution >= 0.6 is 0 Å². The number of nitriles is 1. The van der Waals surface area contributed by atoms with E-state index < -0.39 is 0 Å². The van der Waals surface area contributed by atoms with E-state index in [1.165, 1.54) is 0 Å². The Morgan fingerprint density at radius 3 is 3.07 bits per heavy atom. The highest BCUT2D eigenvalue weighted by Crippen LogP contribution is 2.24. The molecule has 3 heteroatoms. The van der Waals surface area contributed by atoms with Crippen molar-refractivity contribution in [3.8, 4) is 11.8 Å². The first-order valence-corrected chi connectivity index (χ1v) is 4.25. The standard InChI is InChI=1S/C11H8N2O/c12-4-3-8-6-10-9(11(14)7-8)2-1-5-13-10/h1-2,5-7,14H,3H2. The maximum absolute atomic E-state index is 9.63. The second-order valence-corrected chi connectivity index (χ2v) is 3.02. The van der Waals surface area contributed by atoms with Crippen LogP contribution in [0, 0.1) is 11.3 Å². The summed E-state index contributed by atoms with van der Waals surface area (Å²) in [5.74, 6) is 0.181. The van der Waals surface area contributed by atoms with Gasteiger partial charge in [-0.25, -0.2) is 0 Å². The van der Waals surface area contributed by atoms with Gasteiger partial charge >= 0.3 is 0 Å². The zero-order chi connectivity index (χ0) is 9.97. The lowest BCUT2D eigenvalue weighted by atomic mass is 10.1. The molecule has 1 N–H and O–H groups in total. The van der Waals surface area contributed by atoms with E-state index in [0.717, 1.165) is 11.1 Å². The second kappa shape index (κ2) is 3.35. The number of fused-ring (bicyclic) bond motifs is 1. The molecule has 0 saturated carbocycles. The minimum Gasteiger partial charge on any atom is -0.507 e. The average Bonchev–Trinajstić information content (AvgIpc) is 2.18. The van der Waals surface area contributed by atoms with Gasteiger partial charge in [0.2, 0.25) is 0 Å². The number of hydrogen-bond donors (Lipinski definition) is 1. The molecule has 1 heterocycles. The van der Waals surface area contributed by atoms with Crippen molar-refractivity contribution in [2.24, 2.45) is 0 Å². The molecule has 0 amide bonds. The van der Waals surface area contributed by atoms with Crippen LogP contribution in [0.3, 0.4) is 0 Å². The fourth-order valence-corrected chi connectivity index (χ4v) is 1.41. The van der Waals surface area contributed by atoms with Gasteiger partial charge in [-0.05, 0) is 29.8 Å². The first-order chi connectivity index (χ1) is 6.81. The van der Waals surface area contributed by atoms with Gasteiger partial charge in [0.15, 0.2) is 0 Å². The molecule has 0 aliphatic rings. The van der Waals surface area contributed by atoms with Gasteiger partial charge in [-0.3, -0.25) is 4.98 Å². The molecule has 68 valence electrons. The number of phenolic OH excluding ortho intramolecular Hbond substituents is 1. The number of benzene rings is 1. The van der Waals surface area contributed by atoms with Crippen LogP contribution in [0.5, 0.6) is 5.75 Å². The predicted molar refractivity (Wildman–Crippen MR) is 52.7 cm³/mol. The summed E-state index contributed by atoms with van der Waals surface area (Å²) in [7, 11) is 0. The van der Waals surface area contributed by atoms with Gasteiger partial charge in [-0.15, -0.1) is 0 Å². The summed E-state index contributed by atoms with van der Waals surface area (Å²) in [4.78, 5) is 4.12. The summed E-state index contributed by atoms with van der Waals surface area (Å²) in [5, 5.41) is 18.9. The van der Waals surface area contributed by atoms with Crippen LogP contribution in [-0.2, 0) is 6.42 Å². The summed E-state index contributed by atoms with van der Waals surface area (Å²) >= 11 is 0. The van der Waals surface area contributed by atoms with Crippen LogP contribution in [0.2, 0.25) is 0 Å². The highest BCUT2D eigenvalue weighted by Gasteiger charge is 2.02. The van der Waals surface area contributed by atoms with Gasteiger partial charge in [0.1, 0.15) is 5.75 Å². The predicted octanol–water partition coefficient (Wildman–Crippen LogP) is 2.01. The Morgan fingerprint density at radius 1 is 1.43 bits per heavy atom. The summed E-state index contributed by atoms with van der Waals surface area (Å²) < 4.78 is 0. The van der Waals surface area contributed by atoms with E-state index in [0.29, 0.717) is 11.8 Å². The second-order valence-electron chi connectivity index (χ2n) is 3.02. The summed E-state index contributed by atoms with van der Waals surface area (Å²) in [6, 6.07) is 9.03. The molecule has 0 aliphatic carbocycles.